The second kappa shape index (κ2) is 7.43. The lowest BCUT2D eigenvalue weighted by molar-refractivity contribution is -0.384. The number of halogens is 2. The first-order valence-electron chi connectivity index (χ1n) is 7.01. The fraction of sp³-hybridized carbons (Fsp3) is 0.0588. The number of carbonyl (C=O) groups is 2. The Morgan fingerprint density at radius 1 is 1.12 bits per heavy atom. The van der Waals surface area contributed by atoms with Crippen molar-refractivity contribution in [3.63, 3.8) is 0 Å². The number of rotatable bonds is 5. The van der Waals surface area contributed by atoms with Crippen molar-refractivity contribution in [3.05, 3.63) is 75.3 Å². The van der Waals surface area contributed by atoms with Gasteiger partial charge >= 0.3 is 0 Å². The van der Waals surface area contributed by atoms with Crippen molar-refractivity contribution in [2.24, 2.45) is 0 Å². The van der Waals surface area contributed by atoms with Gasteiger partial charge in [-0.2, -0.15) is 0 Å². The van der Waals surface area contributed by atoms with E-state index in [2.05, 4.69) is 5.32 Å². The molecule has 0 heterocycles. The number of Topliss-reactive ketones (excluding diaryl/α,β-unsaturated/α-hetero) is 1. The molecule has 0 saturated carbocycles. The zero-order valence-corrected chi connectivity index (χ0v) is 13.0. The molecular formula is C17H12F2N2O4. The molecule has 0 atom stereocenters. The number of benzene rings is 2. The number of anilines is 1. The summed E-state index contributed by atoms with van der Waals surface area (Å²) in [6, 6.07) is 7.71. The summed E-state index contributed by atoms with van der Waals surface area (Å²) in [6.45, 7) is 1.13. The van der Waals surface area contributed by atoms with E-state index in [4.69, 9.17) is 0 Å². The van der Waals surface area contributed by atoms with Gasteiger partial charge in [-0.1, -0.05) is 0 Å². The number of nitrogens with one attached hydrogen (secondary N) is 1. The highest BCUT2D eigenvalue weighted by Gasteiger charge is 2.16. The van der Waals surface area contributed by atoms with Gasteiger partial charge in [0.2, 0.25) is 0 Å². The largest absolute Gasteiger partial charge is 0.322 e. The standard InChI is InChI=1S/C17H12F2N2O4/c1-10(22)15(8-11-2-3-12(18)9-16(11)19)17(23)20-13-4-6-14(7-5-13)21(24)25/h2-9H,1H3,(H,20,23)/b15-8+. The molecule has 0 fully saturated rings. The van der Waals surface area contributed by atoms with E-state index in [1.807, 2.05) is 0 Å². The summed E-state index contributed by atoms with van der Waals surface area (Å²) in [5, 5.41) is 13.0. The van der Waals surface area contributed by atoms with Crippen LogP contribution >= 0.6 is 0 Å². The van der Waals surface area contributed by atoms with Crippen molar-refractivity contribution in [2.45, 2.75) is 6.92 Å². The SMILES string of the molecule is CC(=O)/C(=C\c1ccc(F)cc1F)C(=O)Nc1ccc([N+](=O)[O-])cc1. The molecule has 2 aromatic carbocycles. The van der Waals surface area contributed by atoms with Gasteiger partial charge in [-0.3, -0.25) is 19.7 Å². The van der Waals surface area contributed by atoms with Crippen LogP contribution in [0.3, 0.4) is 0 Å². The summed E-state index contributed by atoms with van der Waals surface area (Å²) in [5.41, 5.74) is -0.398. The summed E-state index contributed by atoms with van der Waals surface area (Å²) < 4.78 is 26.6. The van der Waals surface area contributed by atoms with Crippen LogP contribution in [0.15, 0.2) is 48.0 Å². The van der Waals surface area contributed by atoms with Crippen LogP contribution < -0.4 is 5.32 Å². The van der Waals surface area contributed by atoms with E-state index >= 15 is 0 Å². The van der Waals surface area contributed by atoms with Gasteiger partial charge in [0, 0.05) is 29.4 Å². The van der Waals surface area contributed by atoms with Crippen molar-refractivity contribution in [2.75, 3.05) is 5.32 Å². The van der Waals surface area contributed by atoms with Gasteiger partial charge in [0.05, 0.1) is 10.5 Å². The molecule has 2 rings (SSSR count). The van der Waals surface area contributed by atoms with E-state index in [1.165, 1.54) is 24.3 Å². The molecule has 0 aliphatic heterocycles. The van der Waals surface area contributed by atoms with Crippen LogP contribution in [0.2, 0.25) is 0 Å². The smallest absolute Gasteiger partial charge is 0.269 e. The topological polar surface area (TPSA) is 89.3 Å². The second-order valence-electron chi connectivity index (χ2n) is 5.04. The maximum Gasteiger partial charge on any atom is 0.269 e. The minimum Gasteiger partial charge on any atom is -0.322 e. The third kappa shape index (κ3) is 4.54. The Morgan fingerprint density at radius 2 is 1.76 bits per heavy atom. The molecule has 0 unspecified atom stereocenters. The van der Waals surface area contributed by atoms with E-state index in [0.29, 0.717) is 6.07 Å². The van der Waals surface area contributed by atoms with Crippen molar-refractivity contribution >= 4 is 29.1 Å². The molecule has 2 aromatic rings. The quantitative estimate of drug-likeness (QED) is 0.295. The summed E-state index contributed by atoms with van der Waals surface area (Å²) in [5.74, 6) is -3.13. The predicted molar refractivity (Wildman–Crippen MR) is 86.7 cm³/mol. The summed E-state index contributed by atoms with van der Waals surface area (Å²) in [4.78, 5) is 33.9. The van der Waals surface area contributed by atoms with Crippen LogP contribution in [0, 0.1) is 21.7 Å². The third-order valence-electron chi connectivity index (χ3n) is 3.22. The van der Waals surface area contributed by atoms with Crippen LogP contribution in [-0.4, -0.2) is 16.6 Å². The lowest BCUT2D eigenvalue weighted by Gasteiger charge is -2.07. The number of ketones is 1. The molecule has 0 bridgehead atoms. The Kier molecular flexibility index (Phi) is 5.33. The second-order valence-corrected chi connectivity index (χ2v) is 5.04. The molecular weight excluding hydrogens is 334 g/mol. The average molecular weight is 346 g/mol. The third-order valence-corrected chi connectivity index (χ3v) is 3.22. The molecule has 0 radical (unpaired) electrons. The van der Waals surface area contributed by atoms with E-state index in [1.54, 1.807) is 0 Å². The van der Waals surface area contributed by atoms with Gasteiger partial charge in [0.1, 0.15) is 11.6 Å². The Labute approximate surface area is 140 Å². The zero-order chi connectivity index (χ0) is 18.6. The molecule has 0 spiro atoms. The van der Waals surface area contributed by atoms with Crippen LogP contribution in [-0.2, 0) is 9.59 Å². The number of nitrogens with zero attached hydrogens (tertiary/aromatic N) is 1. The fourth-order valence-corrected chi connectivity index (χ4v) is 1.97. The maximum absolute atomic E-state index is 13.7. The Hall–Kier alpha value is -3.42. The summed E-state index contributed by atoms with van der Waals surface area (Å²) in [7, 11) is 0. The number of carbonyl (C=O) groups excluding carboxylic acids is 2. The number of amides is 1. The van der Waals surface area contributed by atoms with Crippen LogP contribution in [0.25, 0.3) is 6.08 Å². The first-order valence-corrected chi connectivity index (χ1v) is 7.01. The maximum atomic E-state index is 13.7. The monoisotopic (exact) mass is 346 g/mol. The van der Waals surface area contributed by atoms with Crippen LogP contribution in [0.5, 0.6) is 0 Å². The molecule has 0 aromatic heterocycles. The van der Waals surface area contributed by atoms with Crippen LogP contribution in [0.4, 0.5) is 20.2 Å². The summed E-state index contributed by atoms with van der Waals surface area (Å²) in [6.07, 6.45) is 1.01. The Bertz CT molecular complexity index is 877. The molecule has 8 heteroatoms. The normalized spacial score (nSPS) is 11.1. The molecule has 0 saturated heterocycles. The molecule has 6 nitrogen and oxygen atoms in total. The minimum absolute atomic E-state index is 0.120. The molecule has 128 valence electrons. The number of hydrogen-bond acceptors (Lipinski definition) is 4. The first kappa shape index (κ1) is 17.9. The molecule has 1 N–H and O–H groups in total. The highest BCUT2D eigenvalue weighted by molar-refractivity contribution is 6.25. The number of nitro groups is 1. The lowest BCUT2D eigenvalue weighted by atomic mass is 10.1. The van der Waals surface area contributed by atoms with Crippen molar-refractivity contribution < 1.29 is 23.3 Å². The molecule has 1 amide bonds. The number of non-ortho nitro benzene ring substituents is 1. The highest BCUT2D eigenvalue weighted by Crippen LogP contribution is 2.18. The molecule has 0 aliphatic carbocycles. The van der Waals surface area contributed by atoms with Gasteiger partial charge in [0.15, 0.2) is 5.78 Å². The van der Waals surface area contributed by atoms with Gasteiger partial charge in [-0.25, -0.2) is 8.78 Å². The fourth-order valence-electron chi connectivity index (χ4n) is 1.97. The van der Waals surface area contributed by atoms with E-state index < -0.39 is 28.2 Å². The summed E-state index contributed by atoms with van der Waals surface area (Å²) >= 11 is 0. The zero-order valence-electron chi connectivity index (χ0n) is 13.0. The van der Waals surface area contributed by atoms with Gasteiger partial charge in [0.25, 0.3) is 11.6 Å². The average Bonchev–Trinajstić information content (AvgIpc) is 2.54. The highest BCUT2D eigenvalue weighted by atomic mass is 19.1. The predicted octanol–water partition coefficient (Wildman–Crippen LogP) is 3.48. The van der Waals surface area contributed by atoms with E-state index in [0.717, 1.165) is 25.1 Å². The van der Waals surface area contributed by atoms with Gasteiger partial charge in [-0.05, 0) is 37.3 Å². The van der Waals surface area contributed by atoms with E-state index in [9.17, 15) is 28.5 Å². The van der Waals surface area contributed by atoms with Crippen LogP contribution in [0.1, 0.15) is 12.5 Å². The van der Waals surface area contributed by atoms with E-state index in [-0.39, 0.29) is 22.5 Å². The van der Waals surface area contributed by atoms with Gasteiger partial charge < -0.3 is 5.32 Å². The number of nitro benzene ring substituents is 1. The Balaban J connectivity index is 2.27. The first-order chi connectivity index (χ1) is 11.8. The molecule has 25 heavy (non-hydrogen) atoms. The van der Waals surface area contributed by atoms with Crippen molar-refractivity contribution in [3.8, 4) is 0 Å². The molecule has 0 aliphatic rings. The van der Waals surface area contributed by atoms with Gasteiger partial charge in [-0.15, -0.1) is 0 Å². The van der Waals surface area contributed by atoms with Crippen molar-refractivity contribution in [1.82, 2.24) is 0 Å². The number of hydrogen-bond donors (Lipinski definition) is 1. The lowest BCUT2D eigenvalue weighted by Crippen LogP contribution is -2.19. The van der Waals surface area contributed by atoms with Crippen molar-refractivity contribution in [1.29, 1.82) is 0 Å². The minimum atomic E-state index is -0.915. The Morgan fingerprint density at radius 3 is 2.28 bits per heavy atom.